The molecule has 0 aromatic carbocycles. The van der Waals surface area contributed by atoms with Crippen molar-refractivity contribution in [2.24, 2.45) is 7.05 Å². The first-order valence-corrected chi connectivity index (χ1v) is 3.42. The highest BCUT2D eigenvalue weighted by atomic mass is 15.3. The van der Waals surface area contributed by atoms with E-state index in [4.69, 9.17) is 11.0 Å². The average Bonchev–Trinajstić information content (AvgIpc) is 2.28. The molecule has 1 heterocycles. The summed E-state index contributed by atoms with van der Waals surface area (Å²) in [5.41, 5.74) is 6.85. The van der Waals surface area contributed by atoms with Crippen LogP contribution in [-0.4, -0.2) is 9.78 Å². The molecule has 0 saturated carbocycles. The van der Waals surface area contributed by atoms with Gasteiger partial charge in [0.1, 0.15) is 17.5 Å². The van der Waals surface area contributed by atoms with E-state index in [1.165, 1.54) is 4.68 Å². The van der Waals surface area contributed by atoms with E-state index in [2.05, 4.69) is 5.10 Å². The molecule has 4 heteroatoms. The second kappa shape index (κ2) is 2.62. The van der Waals surface area contributed by atoms with Gasteiger partial charge in [0, 0.05) is 7.05 Å². The first kappa shape index (κ1) is 7.61. The van der Waals surface area contributed by atoms with Gasteiger partial charge in [-0.1, -0.05) is 6.92 Å². The number of nitriles is 1. The largest absolute Gasteiger partial charge is 0.383 e. The molecule has 58 valence electrons. The zero-order chi connectivity index (χ0) is 8.43. The Balaban J connectivity index is 3.29. The van der Waals surface area contributed by atoms with Crippen LogP contribution in [0.3, 0.4) is 0 Å². The molecule has 0 saturated heterocycles. The topological polar surface area (TPSA) is 67.6 Å². The summed E-state index contributed by atoms with van der Waals surface area (Å²) in [5, 5.41) is 12.7. The average molecular weight is 150 g/mol. The van der Waals surface area contributed by atoms with E-state index in [0.29, 0.717) is 11.4 Å². The van der Waals surface area contributed by atoms with Crippen molar-refractivity contribution in [3.05, 3.63) is 11.3 Å². The summed E-state index contributed by atoms with van der Waals surface area (Å²) in [6.45, 7) is 1.95. The predicted octanol–water partition coefficient (Wildman–Crippen LogP) is 0.436. The summed E-state index contributed by atoms with van der Waals surface area (Å²) in [5.74, 6) is 0.448. The van der Waals surface area contributed by atoms with Gasteiger partial charge >= 0.3 is 0 Å². The molecule has 1 aromatic rings. The SMILES string of the molecule is CCc1nn(C)c(N)c1C#N. The minimum atomic E-state index is 0.448. The van der Waals surface area contributed by atoms with Crippen LogP contribution in [0.15, 0.2) is 0 Å². The number of hydrogen-bond acceptors (Lipinski definition) is 3. The van der Waals surface area contributed by atoms with E-state index in [1.54, 1.807) is 7.05 Å². The Labute approximate surface area is 65.2 Å². The van der Waals surface area contributed by atoms with E-state index < -0.39 is 0 Å². The fourth-order valence-electron chi connectivity index (χ4n) is 0.964. The van der Waals surface area contributed by atoms with Crippen LogP contribution in [0, 0.1) is 11.3 Å². The van der Waals surface area contributed by atoms with Crippen molar-refractivity contribution in [3.8, 4) is 6.07 Å². The Morgan fingerprint density at radius 3 is 2.73 bits per heavy atom. The van der Waals surface area contributed by atoms with Crippen LogP contribution in [0.5, 0.6) is 0 Å². The molecule has 11 heavy (non-hydrogen) atoms. The van der Waals surface area contributed by atoms with Crippen LogP contribution in [-0.2, 0) is 13.5 Å². The lowest BCUT2D eigenvalue weighted by Gasteiger charge is -1.89. The smallest absolute Gasteiger partial charge is 0.139 e. The van der Waals surface area contributed by atoms with Gasteiger partial charge in [0.05, 0.1) is 5.69 Å². The van der Waals surface area contributed by atoms with Crippen molar-refractivity contribution in [1.82, 2.24) is 9.78 Å². The molecule has 2 N–H and O–H groups in total. The van der Waals surface area contributed by atoms with E-state index >= 15 is 0 Å². The third kappa shape index (κ3) is 1.05. The monoisotopic (exact) mass is 150 g/mol. The quantitative estimate of drug-likeness (QED) is 0.631. The van der Waals surface area contributed by atoms with Crippen LogP contribution in [0.2, 0.25) is 0 Å². The van der Waals surface area contributed by atoms with E-state index in [9.17, 15) is 0 Å². The van der Waals surface area contributed by atoms with Gasteiger partial charge in [-0.15, -0.1) is 0 Å². The third-order valence-electron chi connectivity index (χ3n) is 1.61. The summed E-state index contributed by atoms with van der Waals surface area (Å²) in [6, 6.07) is 2.03. The molecule has 0 atom stereocenters. The Bertz CT molecular complexity index is 305. The number of aromatic nitrogens is 2. The molecular weight excluding hydrogens is 140 g/mol. The maximum absolute atomic E-state index is 8.66. The lowest BCUT2D eigenvalue weighted by atomic mass is 10.2. The van der Waals surface area contributed by atoms with Gasteiger partial charge in [-0.25, -0.2) is 0 Å². The van der Waals surface area contributed by atoms with E-state index in [-0.39, 0.29) is 0 Å². The predicted molar refractivity (Wildman–Crippen MR) is 41.7 cm³/mol. The lowest BCUT2D eigenvalue weighted by molar-refractivity contribution is 0.755. The summed E-state index contributed by atoms with van der Waals surface area (Å²) < 4.78 is 1.53. The molecule has 0 fully saturated rings. The Morgan fingerprint density at radius 1 is 1.73 bits per heavy atom. The molecule has 0 unspecified atom stereocenters. The molecule has 0 spiro atoms. The number of nitrogens with two attached hydrogens (primary N) is 1. The highest BCUT2D eigenvalue weighted by molar-refractivity contribution is 5.51. The van der Waals surface area contributed by atoms with Gasteiger partial charge in [-0.3, -0.25) is 4.68 Å². The van der Waals surface area contributed by atoms with Crippen molar-refractivity contribution in [2.45, 2.75) is 13.3 Å². The van der Waals surface area contributed by atoms with Gasteiger partial charge in [-0.2, -0.15) is 10.4 Å². The first-order valence-electron chi connectivity index (χ1n) is 3.42. The summed E-state index contributed by atoms with van der Waals surface area (Å²) in [6.07, 6.45) is 0.744. The van der Waals surface area contributed by atoms with Crippen molar-refractivity contribution >= 4 is 5.82 Å². The Hall–Kier alpha value is -1.50. The molecule has 0 amide bonds. The van der Waals surface area contributed by atoms with Crippen LogP contribution < -0.4 is 5.73 Å². The van der Waals surface area contributed by atoms with Gasteiger partial charge in [0.2, 0.25) is 0 Å². The first-order chi connectivity index (χ1) is 5.20. The zero-order valence-electron chi connectivity index (χ0n) is 6.63. The second-order valence-electron chi connectivity index (χ2n) is 2.30. The molecular formula is C7H10N4. The van der Waals surface area contributed by atoms with Crippen LogP contribution >= 0.6 is 0 Å². The Morgan fingerprint density at radius 2 is 2.36 bits per heavy atom. The zero-order valence-corrected chi connectivity index (χ0v) is 6.63. The normalized spacial score (nSPS) is 9.55. The molecule has 4 nitrogen and oxygen atoms in total. The van der Waals surface area contributed by atoms with Gasteiger partial charge in [0.25, 0.3) is 0 Å². The number of rotatable bonds is 1. The highest BCUT2D eigenvalue weighted by Gasteiger charge is 2.10. The van der Waals surface area contributed by atoms with E-state index in [0.717, 1.165) is 12.1 Å². The minimum absolute atomic E-state index is 0.448. The highest BCUT2D eigenvalue weighted by Crippen LogP contribution is 2.14. The number of hydrogen-bond donors (Lipinski definition) is 1. The van der Waals surface area contributed by atoms with E-state index in [1.807, 2.05) is 13.0 Å². The standard InChI is InChI=1S/C7H10N4/c1-3-6-5(4-8)7(9)11(2)10-6/h3,9H2,1-2H3. The Kier molecular flexibility index (Phi) is 1.81. The fraction of sp³-hybridized carbons (Fsp3) is 0.429. The van der Waals surface area contributed by atoms with Crippen LogP contribution in [0.25, 0.3) is 0 Å². The van der Waals surface area contributed by atoms with Crippen LogP contribution in [0.4, 0.5) is 5.82 Å². The molecule has 0 aliphatic heterocycles. The van der Waals surface area contributed by atoms with Crippen LogP contribution in [0.1, 0.15) is 18.2 Å². The van der Waals surface area contributed by atoms with Crippen molar-refractivity contribution in [2.75, 3.05) is 5.73 Å². The molecule has 1 aromatic heterocycles. The van der Waals surface area contributed by atoms with Crippen molar-refractivity contribution < 1.29 is 0 Å². The molecule has 0 bridgehead atoms. The fourth-order valence-corrected chi connectivity index (χ4v) is 0.964. The lowest BCUT2D eigenvalue weighted by Crippen LogP contribution is -1.97. The molecule has 0 aliphatic rings. The second-order valence-corrected chi connectivity index (χ2v) is 2.30. The van der Waals surface area contributed by atoms with Crippen molar-refractivity contribution in [1.29, 1.82) is 5.26 Å². The number of anilines is 1. The summed E-state index contributed by atoms with van der Waals surface area (Å²) in [7, 11) is 1.73. The van der Waals surface area contributed by atoms with Gasteiger partial charge in [-0.05, 0) is 6.42 Å². The summed E-state index contributed by atoms with van der Waals surface area (Å²) in [4.78, 5) is 0. The molecule has 0 radical (unpaired) electrons. The number of nitrogen functional groups attached to an aromatic ring is 1. The number of nitrogens with zero attached hydrogens (tertiary/aromatic N) is 3. The molecule has 0 aliphatic carbocycles. The maximum atomic E-state index is 8.66. The maximum Gasteiger partial charge on any atom is 0.139 e. The van der Waals surface area contributed by atoms with Gasteiger partial charge in [0.15, 0.2) is 0 Å². The van der Waals surface area contributed by atoms with Gasteiger partial charge < -0.3 is 5.73 Å². The minimum Gasteiger partial charge on any atom is -0.383 e. The van der Waals surface area contributed by atoms with Crippen molar-refractivity contribution in [3.63, 3.8) is 0 Å². The molecule has 1 rings (SSSR count). The number of aryl methyl sites for hydroxylation is 2. The third-order valence-corrected chi connectivity index (χ3v) is 1.61. The summed E-state index contributed by atoms with van der Waals surface area (Å²) >= 11 is 0.